The normalized spacial score (nSPS) is 27.8. The van der Waals surface area contributed by atoms with Gasteiger partial charge in [0.2, 0.25) is 0 Å². The summed E-state index contributed by atoms with van der Waals surface area (Å²) < 4.78 is 11.0. The Morgan fingerprint density at radius 2 is 2.35 bits per heavy atom. The van der Waals surface area contributed by atoms with Crippen molar-refractivity contribution in [1.29, 1.82) is 0 Å². The van der Waals surface area contributed by atoms with E-state index >= 15 is 0 Å². The van der Waals surface area contributed by atoms with Crippen LogP contribution in [0.2, 0.25) is 0 Å². The topological polar surface area (TPSA) is 30.5 Å². The fraction of sp³-hybridized carbons (Fsp3) is 0.571. The molecule has 1 spiro atoms. The number of hydrogen-bond acceptors (Lipinski definition) is 3. The summed E-state index contributed by atoms with van der Waals surface area (Å²) in [5.74, 6) is 0.956. The van der Waals surface area contributed by atoms with E-state index in [1.807, 2.05) is 0 Å². The second kappa shape index (κ2) is 4.31. The van der Waals surface area contributed by atoms with Gasteiger partial charge >= 0.3 is 0 Å². The maximum Gasteiger partial charge on any atom is 0.119 e. The van der Waals surface area contributed by atoms with E-state index in [0.717, 1.165) is 31.9 Å². The van der Waals surface area contributed by atoms with Crippen molar-refractivity contribution in [2.24, 2.45) is 0 Å². The van der Waals surface area contributed by atoms with E-state index < -0.39 is 0 Å². The Labute approximate surface area is 102 Å². The van der Waals surface area contributed by atoms with Crippen molar-refractivity contribution in [3.63, 3.8) is 0 Å². The van der Waals surface area contributed by atoms with Gasteiger partial charge in [0, 0.05) is 6.54 Å². The molecule has 0 aromatic heterocycles. The molecule has 0 bridgehead atoms. The summed E-state index contributed by atoms with van der Waals surface area (Å²) in [5.41, 5.74) is 2.87. The zero-order valence-corrected chi connectivity index (χ0v) is 10.3. The molecule has 0 saturated carbocycles. The van der Waals surface area contributed by atoms with Gasteiger partial charge in [-0.1, -0.05) is 6.07 Å². The van der Waals surface area contributed by atoms with Gasteiger partial charge in [-0.25, -0.2) is 0 Å². The molecule has 0 radical (unpaired) electrons. The molecule has 1 aliphatic heterocycles. The molecule has 1 heterocycles. The van der Waals surface area contributed by atoms with E-state index in [2.05, 4.69) is 23.5 Å². The van der Waals surface area contributed by atoms with E-state index in [9.17, 15) is 0 Å². The van der Waals surface area contributed by atoms with Crippen LogP contribution in [0.1, 0.15) is 24.0 Å². The highest BCUT2D eigenvalue weighted by Crippen LogP contribution is 2.38. The van der Waals surface area contributed by atoms with Crippen molar-refractivity contribution in [2.45, 2.75) is 24.8 Å². The van der Waals surface area contributed by atoms with Gasteiger partial charge in [-0.2, -0.15) is 0 Å². The van der Waals surface area contributed by atoms with Gasteiger partial charge in [0.15, 0.2) is 0 Å². The smallest absolute Gasteiger partial charge is 0.119 e. The molecule has 1 aliphatic carbocycles. The van der Waals surface area contributed by atoms with Gasteiger partial charge < -0.3 is 14.8 Å². The van der Waals surface area contributed by atoms with Crippen molar-refractivity contribution in [1.82, 2.24) is 5.32 Å². The Kier molecular flexibility index (Phi) is 2.81. The molecule has 17 heavy (non-hydrogen) atoms. The number of methoxy groups -OCH3 is 1. The molecule has 2 aliphatic rings. The summed E-state index contributed by atoms with van der Waals surface area (Å²) in [6, 6.07) is 6.43. The molecule has 1 aromatic rings. The quantitative estimate of drug-likeness (QED) is 0.803. The first-order chi connectivity index (χ1) is 8.34. The summed E-state index contributed by atoms with van der Waals surface area (Å²) in [6.07, 6.45) is 3.54. The zero-order valence-electron chi connectivity index (χ0n) is 10.3. The molecule has 3 heteroatoms. The van der Waals surface area contributed by atoms with Crippen LogP contribution in [0.15, 0.2) is 18.2 Å². The predicted molar refractivity (Wildman–Crippen MR) is 66.4 cm³/mol. The standard InChI is InChI=1S/C14H19NO2/c1-16-12-4-5-13-11(9-12)3-2-6-14(13)10-17-8-7-15-14/h4-5,9,15H,2-3,6-8,10H2,1H3/t14-/m1/s1. The van der Waals surface area contributed by atoms with Crippen molar-refractivity contribution in [2.75, 3.05) is 26.9 Å². The van der Waals surface area contributed by atoms with Gasteiger partial charge in [0.1, 0.15) is 5.75 Å². The van der Waals surface area contributed by atoms with Crippen LogP contribution in [-0.2, 0) is 16.7 Å². The Morgan fingerprint density at radius 3 is 3.12 bits per heavy atom. The minimum Gasteiger partial charge on any atom is -0.497 e. The lowest BCUT2D eigenvalue weighted by molar-refractivity contribution is 0.0169. The fourth-order valence-electron chi connectivity index (χ4n) is 3.08. The molecule has 0 unspecified atom stereocenters. The number of ether oxygens (including phenoxy) is 2. The minimum atomic E-state index is 0.0537. The Bertz CT molecular complexity index is 411. The average molecular weight is 233 g/mol. The van der Waals surface area contributed by atoms with E-state index in [4.69, 9.17) is 9.47 Å². The second-order valence-corrected chi connectivity index (χ2v) is 4.94. The molecule has 92 valence electrons. The second-order valence-electron chi connectivity index (χ2n) is 4.94. The number of benzene rings is 1. The SMILES string of the molecule is COc1ccc2c(c1)CCC[C@@]21COCCN1. The van der Waals surface area contributed by atoms with Crippen LogP contribution < -0.4 is 10.1 Å². The number of rotatable bonds is 1. The van der Waals surface area contributed by atoms with Crippen LogP contribution in [0.4, 0.5) is 0 Å². The third-order valence-electron chi connectivity index (χ3n) is 3.94. The summed E-state index contributed by atoms with van der Waals surface area (Å²) in [7, 11) is 1.72. The largest absolute Gasteiger partial charge is 0.497 e. The van der Waals surface area contributed by atoms with E-state index in [1.165, 1.54) is 24.0 Å². The lowest BCUT2D eigenvalue weighted by Crippen LogP contribution is -2.53. The van der Waals surface area contributed by atoms with Crippen LogP contribution >= 0.6 is 0 Å². The zero-order chi connectivity index (χ0) is 11.7. The number of nitrogens with one attached hydrogen (secondary N) is 1. The fourth-order valence-corrected chi connectivity index (χ4v) is 3.08. The van der Waals surface area contributed by atoms with Crippen molar-refractivity contribution in [3.8, 4) is 5.75 Å². The third kappa shape index (κ3) is 1.83. The number of morpholine rings is 1. The Balaban J connectivity index is 2.01. The molecule has 0 amide bonds. The Hall–Kier alpha value is -1.06. The summed E-state index contributed by atoms with van der Waals surface area (Å²) in [4.78, 5) is 0. The van der Waals surface area contributed by atoms with Gasteiger partial charge in [-0.15, -0.1) is 0 Å². The predicted octanol–water partition coefficient (Wildman–Crippen LogP) is 1.85. The van der Waals surface area contributed by atoms with E-state index in [1.54, 1.807) is 7.11 Å². The first kappa shape index (κ1) is 11.1. The summed E-state index contributed by atoms with van der Waals surface area (Å²) in [6.45, 7) is 2.57. The van der Waals surface area contributed by atoms with E-state index in [-0.39, 0.29) is 5.54 Å². The van der Waals surface area contributed by atoms with Crippen molar-refractivity contribution < 1.29 is 9.47 Å². The molecule has 1 saturated heterocycles. The lowest BCUT2D eigenvalue weighted by atomic mass is 9.76. The van der Waals surface area contributed by atoms with Crippen molar-refractivity contribution >= 4 is 0 Å². The molecular formula is C14H19NO2. The maximum absolute atomic E-state index is 5.68. The Morgan fingerprint density at radius 1 is 1.41 bits per heavy atom. The van der Waals surface area contributed by atoms with Crippen LogP contribution in [0, 0.1) is 0 Å². The highest BCUT2D eigenvalue weighted by Gasteiger charge is 2.38. The van der Waals surface area contributed by atoms with Gasteiger partial charge in [0.05, 0.1) is 25.9 Å². The third-order valence-corrected chi connectivity index (χ3v) is 3.94. The van der Waals surface area contributed by atoms with Crippen molar-refractivity contribution in [3.05, 3.63) is 29.3 Å². The molecule has 3 rings (SSSR count). The summed E-state index contributed by atoms with van der Waals surface area (Å²) >= 11 is 0. The summed E-state index contributed by atoms with van der Waals surface area (Å²) in [5, 5.41) is 3.66. The van der Waals surface area contributed by atoms with Gasteiger partial charge in [-0.3, -0.25) is 0 Å². The monoisotopic (exact) mass is 233 g/mol. The molecule has 3 nitrogen and oxygen atoms in total. The van der Waals surface area contributed by atoms with Gasteiger partial charge in [-0.05, 0) is 42.5 Å². The number of fused-ring (bicyclic) bond motifs is 2. The first-order valence-corrected chi connectivity index (χ1v) is 6.34. The number of aryl methyl sites for hydroxylation is 1. The molecular weight excluding hydrogens is 214 g/mol. The average Bonchev–Trinajstić information content (AvgIpc) is 2.39. The number of hydrogen-bond donors (Lipinski definition) is 1. The van der Waals surface area contributed by atoms with Gasteiger partial charge in [0.25, 0.3) is 0 Å². The molecule has 1 N–H and O–H groups in total. The van der Waals surface area contributed by atoms with Crippen LogP contribution in [0.25, 0.3) is 0 Å². The first-order valence-electron chi connectivity index (χ1n) is 6.34. The van der Waals surface area contributed by atoms with Crippen LogP contribution in [0.5, 0.6) is 5.75 Å². The molecule has 1 aromatic carbocycles. The van der Waals surface area contributed by atoms with E-state index in [0.29, 0.717) is 0 Å². The lowest BCUT2D eigenvalue weighted by Gasteiger charge is -2.42. The molecule has 1 atom stereocenters. The minimum absolute atomic E-state index is 0.0537. The highest BCUT2D eigenvalue weighted by atomic mass is 16.5. The molecule has 1 fully saturated rings. The van der Waals surface area contributed by atoms with Crippen LogP contribution in [0.3, 0.4) is 0 Å². The highest BCUT2D eigenvalue weighted by molar-refractivity contribution is 5.42. The van der Waals surface area contributed by atoms with Crippen LogP contribution in [-0.4, -0.2) is 26.9 Å². The maximum atomic E-state index is 5.68.